The van der Waals surface area contributed by atoms with Crippen molar-refractivity contribution in [3.63, 3.8) is 0 Å². The Balaban J connectivity index is 0.00000200. The number of piperidine rings is 2. The zero-order valence-corrected chi connectivity index (χ0v) is 13.9. The fourth-order valence-electron chi connectivity index (χ4n) is 3.45. The van der Waals surface area contributed by atoms with Crippen LogP contribution in [0.1, 0.15) is 39.5 Å². The fraction of sp³-hybridized carbons (Fsp3) is 0.933. The average Bonchev–Trinajstić information content (AvgIpc) is 2.46. The lowest BCUT2D eigenvalue weighted by Gasteiger charge is -2.39. The summed E-state index contributed by atoms with van der Waals surface area (Å²) in [4.78, 5) is 17.1. The number of carbonyl (C=O) groups is 1. The molecule has 2 atom stereocenters. The number of rotatable bonds is 3. The highest BCUT2D eigenvalue weighted by molar-refractivity contribution is 5.85. The second-order valence-corrected chi connectivity index (χ2v) is 6.11. The van der Waals surface area contributed by atoms with E-state index >= 15 is 0 Å². The average molecular weight is 304 g/mol. The first kappa shape index (κ1) is 17.7. The van der Waals surface area contributed by atoms with Gasteiger partial charge in [0, 0.05) is 32.2 Å². The first-order valence-corrected chi connectivity index (χ1v) is 7.86. The summed E-state index contributed by atoms with van der Waals surface area (Å²) in [5.41, 5.74) is 0. The van der Waals surface area contributed by atoms with Gasteiger partial charge in [-0.2, -0.15) is 0 Å². The Labute approximate surface area is 129 Å². The summed E-state index contributed by atoms with van der Waals surface area (Å²) in [7, 11) is 2.01. The molecule has 20 heavy (non-hydrogen) atoms. The van der Waals surface area contributed by atoms with Gasteiger partial charge in [0.2, 0.25) is 5.91 Å². The smallest absolute Gasteiger partial charge is 0.227 e. The predicted octanol–water partition coefficient (Wildman–Crippen LogP) is 1.74. The summed E-state index contributed by atoms with van der Waals surface area (Å²) >= 11 is 0. The van der Waals surface area contributed by atoms with Crippen LogP contribution in [-0.2, 0) is 4.79 Å². The molecule has 0 bridgehead atoms. The monoisotopic (exact) mass is 303 g/mol. The van der Waals surface area contributed by atoms with Gasteiger partial charge in [-0.25, -0.2) is 0 Å². The zero-order chi connectivity index (χ0) is 13.8. The lowest BCUT2D eigenvalue weighted by molar-refractivity contribution is -0.138. The molecule has 0 aliphatic carbocycles. The molecule has 0 aromatic carbocycles. The van der Waals surface area contributed by atoms with Gasteiger partial charge in [-0.05, 0) is 45.7 Å². The van der Waals surface area contributed by atoms with Crippen molar-refractivity contribution in [2.24, 2.45) is 5.92 Å². The summed E-state index contributed by atoms with van der Waals surface area (Å²) in [6.07, 6.45) is 4.43. The third kappa shape index (κ3) is 4.09. The quantitative estimate of drug-likeness (QED) is 0.863. The predicted molar refractivity (Wildman–Crippen MR) is 85.3 cm³/mol. The Hall–Kier alpha value is -0.320. The first-order chi connectivity index (χ1) is 9.13. The minimum absolute atomic E-state index is 0. The van der Waals surface area contributed by atoms with Gasteiger partial charge >= 0.3 is 0 Å². The number of hydrogen-bond acceptors (Lipinski definition) is 3. The normalized spacial score (nSPS) is 28.8. The minimum atomic E-state index is 0. The van der Waals surface area contributed by atoms with Gasteiger partial charge in [0.05, 0.1) is 5.92 Å². The second-order valence-electron chi connectivity index (χ2n) is 6.11. The molecule has 0 aromatic rings. The van der Waals surface area contributed by atoms with E-state index in [4.69, 9.17) is 0 Å². The molecule has 2 heterocycles. The van der Waals surface area contributed by atoms with Gasteiger partial charge in [0.25, 0.3) is 0 Å². The van der Waals surface area contributed by atoms with E-state index < -0.39 is 0 Å². The third-order valence-electron chi connectivity index (χ3n) is 4.98. The highest BCUT2D eigenvalue weighted by Crippen LogP contribution is 2.22. The Morgan fingerprint density at radius 3 is 2.50 bits per heavy atom. The Morgan fingerprint density at radius 1 is 1.30 bits per heavy atom. The van der Waals surface area contributed by atoms with Crippen LogP contribution in [0.5, 0.6) is 0 Å². The number of halogens is 1. The maximum absolute atomic E-state index is 12.6. The molecule has 2 rings (SSSR count). The van der Waals surface area contributed by atoms with Crippen molar-refractivity contribution >= 4 is 18.3 Å². The first-order valence-electron chi connectivity index (χ1n) is 7.86. The van der Waals surface area contributed by atoms with Crippen LogP contribution in [0, 0.1) is 5.92 Å². The topological polar surface area (TPSA) is 35.6 Å². The molecule has 0 spiro atoms. The molecule has 2 saturated heterocycles. The van der Waals surface area contributed by atoms with Crippen molar-refractivity contribution in [3.05, 3.63) is 0 Å². The van der Waals surface area contributed by atoms with Gasteiger partial charge in [-0.1, -0.05) is 6.92 Å². The van der Waals surface area contributed by atoms with E-state index in [1.54, 1.807) is 0 Å². The SMILES string of the molecule is CCN1CCC(N(C)C(=O)C2CCCNC2C)CC1.Cl. The van der Waals surface area contributed by atoms with Crippen molar-refractivity contribution < 1.29 is 4.79 Å². The molecule has 2 fully saturated rings. The van der Waals surface area contributed by atoms with Crippen LogP contribution in [0.2, 0.25) is 0 Å². The van der Waals surface area contributed by atoms with Crippen LogP contribution < -0.4 is 5.32 Å². The van der Waals surface area contributed by atoms with Crippen LogP contribution in [0.25, 0.3) is 0 Å². The maximum atomic E-state index is 12.6. The van der Waals surface area contributed by atoms with E-state index in [1.165, 1.54) is 0 Å². The molecular formula is C15H30ClN3O. The number of nitrogens with zero attached hydrogens (tertiary/aromatic N) is 2. The largest absolute Gasteiger partial charge is 0.342 e. The molecule has 0 radical (unpaired) electrons. The number of likely N-dealkylation sites (tertiary alicyclic amines) is 1. The van der Waals surface area contributed by atoms with E-state index in [-0.39, 0.29) is 18.3 Å². The standard InChI is InChI=1S/C15H29N3O.ClH/c1-4-18-10-7-13(8-11-18)17(3)15(19)14-6-5-9-16-12(14)2;/h12-14,16H,4-11H2,1-3H3;1H. The lowest BCUT2D eigenvalue weighted by atomic mass is 9.89. The summed E-state index contributed by atoms with van der Waals surface area (Å²) < 4.78 is 0. The molecule has 1 N–H and O–H groups in total. The van der Waals surface area contributed by atoms with E-state index in [1.807, 2.05) is 11.9 Å². The molecule has 118 valence electrons. The van der Waals surface area contributed by atoms with Crippen LogP contribution >= 0.6 is 12.4 Å². The Morgan fingerprint density at radius 2 is 1.95 bits per heavy atom. The van der Waals surface area contributed by atoms with Crippen molar-refractivity contribution in [3.8, 4) is 0 Å². The van der Waals surface area contributed by atoms with Gasteiger partial charge in [0.15, 0.2) is 0 Å². The van der Waals surface area contributed by atoms with E-state index in [0.717, 1.165) is 51.9 Å². The van der Waals surface area contributed by atoms with Gasteiger partial charge in [-0.3, -0.25) is 4.79 Å². The van der Waals surface area contributed by atoms with Crippen molar-refractivity contribution in [1.29, 1.82) is 0 Å². The van der Waals surface area contributed by atoms with Gasteiger partial charge in [-0.15, -0.1) is 12.4 Å². The molecule has 0 aromatic heterocycles. The molecule has 1 amide bonds. The van der Waals surface area contributed by atoms with Crippen LogP contribution in [0.4, 0.5) is 0 Å². The summed E-state index contributed by atoms with van der Waals surface area (Å²) in [6.45, 7) is 8.83. The minimum Gasteiger partial charge on any atom is -0.342 e. The van der Waals surface area contributed by atoms with Crippen LogP contribution in [0.15, 0.2) is 0 Å². The van der Waals surface area contributed by atoms with Crippen LogP contribution in [-0.4, -0.2) is 61.0 Å². The maximum Gasteiger partial charge on any atom is 0.227 e. The van der Waals surface area contributed by atoms with E-state index in [2.05, 4.69) is 24.1 Å². The molecular weight excluding hydrogens is 274 g/mol. The molecule has 2 unspecified atom stereocenters. The van der Waals surface area contributed by atoms with Crippen molar-refractivity contribution in [1.82, 2.24) is 15.1 Å². The second kappa shape index (κ2) is 8.20. The van der Waals surface area contributed by atoms with Crippen molar-refractivity contribution in [2.75, 3.05) is 33.2 Å². The molecule has 4 nitrogen and oxygen atoms in total. The Kier molecular flexibility index (Phi) is 7.27. The summed E-state index contributed by atoms with van der Waals surface area (Å²) in [5, 5.41) is 3.43. The molecule has 2 aliphatic rings. The highest BCUT2D eigenvalue weighted by atomic mass is 35.5. The lowest BCUT2D eigenvalue weighted by Crippen LogP contribution is -2.52. The fourth-order valence-corrected chi connectivity index (χ4v) is 3.45. The number of carbonyl (C=O) groups excluding carboxylic acids is 1. The van der Waals surface area contributed by atoms with E-state index in [9.17, 15) is 4.79 Å². The number of hydrogen-bond donors (Lipinski definition) is 1. The molecule has 5 heteroatoms. The van der Waals surface area contributed by atoms with Crippen molar-refractivity contribution in [2.45, 2.75) is 51.6 Å². The number of nitrogens with one attached hydrogen (secondary N) is 1. The Bertz CT molecular complexity index is 305. The highest BCUT2D eigenvalue weighted by Gasteiger charge is 2.33. The zero-order valence-electron chi connectivity index (χ0n) is 13.1. The molecule has 0 saturated carbocycles. The summed E-state index contributed by atoms with van der Waals surface area (Å²) in [6, 6.07) is 0.781. The van der Waals surface area contributed by atoms with Gasteiger partial charge < -0.3 is 15.1 Å². The third-order valence-corrected chi connectivity index (χ3v) is 4.98. The number of amides is 1. The van der Waals surface area contributed by atoms with E-state index in [0.29, 0.717) is 18.0 Å². The van der Waals surface area contributed by atoms with Gasteiger partial charge in [0.1, 0.15) is 0 Å². The molecule has 2 aliphatic heterocycles. The van der Waals surface area contributed by atoms with Crippen LogP contribution in [0.3, 0.4) is 0 Å². The summed E-state index contributed by atoms with van der Waals surface area (Å²) in [5.74, 6) is 0.539.